The standard InChI is InChI=1S/C35H41FN10O2/c36-32-34(39-26-6-4-13-45(24-26)31(48)9-12-37)40-33(29-22-38-46-14-2-1-8-30(29)46)41-35(32)44-19-17-43(18-20-44)27-10-15-42(16-11-27)23-25-5-3-7-28(47)21-25/h1-3,5,7-8,14,21-22,26-27,47H,4,6,9-11,13,15-20,23-24H2,(H,39,40,41)/t26-/m1/s1. The van der Waals surface area contributed by atoms with Gasteiger partial charge in [-0.2, -0.15) is 14.8 Å². The summed E-state index contributed by atoms with van der Waals surface area (Å²) in [6.07, 6.45) is 7.06. The fourth-order valence-electron chi connectivity index (χ4n) is 7.32. The van der Waals surface area contributed by atoms with Crippen LogP contribution in [0.25, 0.3) is 16.9 Å². The molecule has 0 radical (unpaired) electrons. The molecule has 6 heterocycles. The number of nitrogens with one attached hydrogen (secondary N) is 1. The first-order valence-electron chi connectivity index (χ1n) is 16.9. The Morgan fingerprint density at radius 3 is 2.65 bits per heavy atom. The maximum Gasteiger partial charge on any atom is 0.236 e. The molecule has 2 N–H and O–H groups in total. The maximum absolute atomic E-state index is 16.4. The zero-order valence-corrected chi connectivity index (χ0v) is 27.0. The second-order valence-electron chi connectivity index (χ2n) is 13.0. The van der Waals surface area contributed by atoms with Gasteiger partial charge in [-0.15, -0.1) is 0 Å². The third kappa shape index (κ3) is 6.90. The largest absolute Gasteiger partial charge is 0.508 e. The lowest BCUT2D eigenvalue weighted by atomic mass is 10.0. The summed E-state index contributed by atoms with van der Waals surface area (Å²) < 4.78 is 18.2. The van der Waals surface area contributed by atoms with Crippen LogP contribution in [-0.2, 0) is 11.3 Å². The maximum atomic E-state index is 16.4. The topological polar surface area (TPSA) is 129 Å². The molecule has 250 valence electrons. The van der Waals surface area contributed by atoms with Crippen LogP contribution >= 0.6 is 0 Å². The van der Waals surface area contributed by atoms with E-state index < -0.39 is 5.82 Å². The number of hydrogen-bond donors (Lipinski definition) is 2. The van der Waals surface area contributed by atoms with Crippen LogP contribution in [0.1, 0.15) is 37.7 Å². The van der Waals surface area contributed by atoms with Crippen LogP contribution in [0.5, 0.6) is 5.75 Å². The van der Waals surface area contributed by atoms with Gasteiger partial charge in [0.25, 0.3) is 0 Å². The van der Waals surface area contributed by atoms with Gasteiger partial charge >= 0.3 is 0 Å². The molecule has 0 unspecified atom stereocenters. The number of phenols is 1. The van der Waals surface area contributed by atoms with Crippen molar-refractivity contribution >= 4 is 23.1 Å². The van der Waals surface area contributed by atoms with Crippen molar-refractivity contribution in [2.45, 2.75) is 50.7 Å². The molecule has 3 aromatic heterocycles. The third-order valence-corrected chi connectivity index (χ3v) is 9.85. The number of nitrogens with zero attached hydrogens (tertiary/aromatic N) is 9. The number of aromatic hydroxyl groups is 1. The molecule has 0 spiro atoms. The summed E-state index contributed by atoms with van der Waals surface area (Å²) in [6, 6.07) is 15.5. The van der Waals surface area contributed by atoms with Crippen LogP contribution in [0.4, 0.5) is 16.0 Å². The number of rotatable bonds is 8. The van der Waals surface area contributed by atoms with Crippen molar-refractivity contribution in [2.24, 2.45) is 0 Å². The van der Waals surface area contributed by atoms with Gasteiger partial charge in [0, 0.05) is 64.1 Å². The highest BCUT2D eigenvalue weighted by atomic mass is 19.1. The lowest BCUT2D eigenvalue weighted by Gasteiger charge is -2.43. The highest BCUT2D eigenvalue weighted by Crippen LogP contribution is 2.31. The second-order valence-corrected chi connectivity index (χ2v) is 13.0. The molecule has 0 bridgehead atoms. The van der Waals surface area contributed by atoms with Crippen molar-refractivity contribution in [1.29, 1.82) is 5.26 Å². The quantitative estimate of drug-likeness (QED) is 0.291. The van der Waals surface area contributed by atoms with Crippen LogP contribution < -0.4 is 10.2 Å². The number of phenolic OH excluding ortho intramolecular Hbond substituents is 1. The SMILES string of the molecule is N#CCC(=O)N1CCC[C@@H](Nc2nc(-c3cnn4ccccc34)nc(N3CCN(C4CCN(Cc5cccc(O)c5)CC4)CC3)c2F)C1. The van der Waals surface area contributed by atoms with Gasteiger partial charge in [0.2, 0.25) is 11.7 Å². The van der Waals surface area contributed by atoms with Crippen molar-refractivity contribution in [1.82, 2.24) is 34.3 Å². The molecule has 1 aromatic carbocycles. The molecular formula is C35H41FN10O2. The van der Waals surface area contributed by atoms with E-state index in [0.717, 1.165) is 69.5 Å². The van der Waals surface area contributed by atoms with Gasteiger partial charge in [0.05, 0.1) is 23.3 Å². The van der Waals surface area contributed by atoms with Gasteiger partial charge in [0.1, 0.15) is 12.2 Å². The van der Waals surface area contributed by atoms with E-state index in [2.05, 4.69) is 31.3 Å². The summed E-state index contributed by atoms with van der Waals surface area (Å²) in [5.41, 5.74) is 2.66. The summed E-state index contributed by atoms with van der Waals surface area (Å²) in [6.45, 7) is 6.72. The molecule has 3 aliphatic heterocycles. The molecule has 3 fully saturated rings. The van der Waals surface area contributed by atoms with Crippen LogP contribution in [0, 0.1) is 17.1 Å². The first-order valence-corrected chi connectivity index (χ1v) is 16.9. The number of likely N-dealkylation sites (tertiary alicyclic amines) is 2. The molecule has 1 amide bonds. The first-order chi connectivity index (χ1) is 23.4. The van der Waals surface area contributed by atoms with Crippen molar-refractivity contribution in [3.05, 3.63) is 66.2 Å². The molecule has 7 rings (SSSR count). The number of amides is 1. The molecule has 12 nitrogen and oxygen atoms in total. The molecular weight excluding hydrogens is 611 g/mol. The minimum absolute atomic E-state index is 0.117. The molecule has 4 aromatic rings. The molecule has 48 heavy (non-hydrogen) atoms. The average Bonchev–Trinajstić information content (AvgIpc) is 3.54. The Balaban J connectivity index is 1.06. The summed E-state index contributed by atoms with van der Waals surface area (Å²) in [4.78, 5) is 30.6. The van der Waals surface area contributed by atoms with E-state index in [9.17, 15) is 9.90 Å². The van der Waals surface area contributed by atoms with Crippen LogP contribution in [0.15, 0.2) is 54.9 Å². The van der Waals surface area contributed by atoms with Gasteiger partial charge in [-0.05, 0) is 68.6 Å². The molecule has 0 aliphatic carbocycles. The highest BCUT2D eigenvalue weighted by molar-refractivity contribution is 5.79. The number of anilines is 2. The van der Waals surface area contributed by atoms with Crippen LogP contribution in [0.3, 0.4) is 0 Å². The Morgan fingerprint density at radius 1 is 1.02 bits per heavy atom. The number of nitriles is 1. The van der Waals surface area contributed by atoms with Crippen molar-refractivity contribution in [3.8, 4) is 23.2 Å². The number of halogens is 1. The minimum Gasteiger partial charge on any atom is -0.508 e. The Kier molecular flexibility index (Phi) is 9.36. The smallest absolute Gasteiger partial charge is 0.236 e. The monoisotopic (exact) mass is 652 g/mol. The first kappa shape index (κ1) is 31.8. The lowest BCUT2D eigenvalue weighted by molar-refractivity contribution is -0.131. The fraction of sp³-hybridized carbons (Fsp3) is 0.457. The van der Waals surface area contributed by atoms with Crippen molar-refractivity contribution in [3.63, 3.8) is 0 Å². The highest BCUT2D eigenvalue weighted by Gasteiger charge is 2.31. The summed E-state index contributed by atoms with van der Waals surface area (Å²) in [5.74, 6) is 0.380. The molecule has 1 atom stereocenters. The Labute approximate surface area is 279 Å². The van der Waals surface area contributed by atoms with E-state index in [0.29, 0.717) is 49.4 Å². The zero-order chi connectivity index (χ0) is 33.0. The number of carbonyl (C=O) groups is 1. The molecule has 3 aliphatic rings. The van der Waals surface area contributed by atoms with E-state index in [4.69, 9.17) is 10.2 Å². The normalized spacial score (nSPS) is 19.8. The lowest BCUT2D eigenvalue weighted by Crippen LogP contribution is -2.53. The zero-order valence-electron chi connectivity index (χ0n) is 27.0. The van der Waals surface area contributed by atoms with Crippen molar-refractivity contribution < 1.29 is 14.3 Å². The van der Waals surface area contributed by atoms with Gasteiger partial charge in [-0.1, -0.05) is 18.2 Å². The van der Waals surface area contributed by atoms with E-state index in [-0.39, 0.29) is 30.0 Å². The van der Waals surface area contributed by atoms with Gasteiger partial charge in [0.15, 0.2) is 17.5 Å². The van der Waals surface area contributed by atoms with Crippen LogP contribution in [0.2, 0.25) is 0 Å². The predicted octanol–water partition coefficient (Wildman–Crippen LogP) is 3.74. The Hall–Kier alpha value is -4.80. The molecule has 0 saturated carbocycles. The summed E-state index contributed by atoms with van der Waals surface area (Å²) in [5, 5.41) is 26.6. The van der Waals surface area contributed by atoms with Crippen molar-refractivity contribution in [2.75, 3.05) is 62.6 Å². The minimum atomic E-state index is -0.496. The Bertz CT molecular complexity index is 1790. The Morgan fingerprint density at radius 2 is 1.85 bits per heavy atom. The van der Waals surface area contributed by atoms with E-state index in [1.807, 2.05) is 47.5 Å². The van der Waals surface area contributed by atoms with E-state index in [1.165, 1.54) is 0 Å². The number of hydrogen-bond acceptors (Lipinski definition) is 10. The number of pyridine rings is 1. The van der Waals surface area contributed by atoms with Gasteiger partial charge in [-0.3, -0.25) is 14.6 Å². The second kappa shape index (κ2) is 14.1. The third-order valence-electron chi connectivity index (χ3n) is 9.85. The number of benzene rings is 1. The summed E-state index contributed by atoms with van der Waals surface area (Å²) >= 11 is 0. The van der Waals surface area contributed by atoms with Gasteiger partial charge in [-0.25, -0.2) is 14.5 Å². The summed E-state index contributed by atoms with van der Waals surface area (Å²) in [7, 11) is 0. The van der Waals surface area contributed by atoms with Gasteiger partial charge < -0.3 is 20.2 Å². The van der Waals surface area contributed by atoms with E-state index >= 15 is 4.39 Å². The number of aromatic nitrogens is 4. The average molecular weight is 653 g/mol. The number of carbonyl (C=O) groups excluding carboxylic acids is 1. The number of fused-ring (bicyclic) bond motifs is 1. The molecule has 3 saturated heterocycles. The number of piperazine rings is 1. The fourth-order valence-corrected chi connectivity index (χ4v) is 7.32. The number of piperidine rings is 2. The van der Waals surface area contributed by atoms with E-state index in [1.54, 1.807) is 21.7 Å². The van der Waals surface area contributed by atoms with Crippen LogP contribution in [-0.4, -0.2) is 110 Å². The molecule has 13 heteroatoms. The predicted molar refractivity (Wildman–Crippen MR) is 180 cm³/mol.